The van der Waals surface area contributed by atoms with Crippen molar-refractivity contribution in [2.45, 2.75) is 45.2 Å². The van der Waals surface area contributed by atoms with Gasteiger partial charge in [-0.3, -0.25) is 9.63 Å². The van der Waals surface area contributed by atoms with Crippen LogP contribution in [0, 0.1) is 0 Å². The zero-order valence-corrected chi connectivity index (χ0v) is 9.73. The highest BCUT2D eigenvalue weighted by molar-refractivity contribution is 5.78. The molecule has 0 saturated carbocycles. The fraction of sp³-hybridized carbons (Fsp3) is 0.800. The second kappa shape index (κ2) is 5.69. The molecule has 16 heavy (non-hydrogen) atoms. The molecular weight excluding hydrogens is 210 g/mol. The van der Waals surface area contributed by atoms with Crippen molar-refractivity contribution in [2.24, 2.45) is 5.73 Å². The predicted octanol–water partition coefficient (Wildman–Crippen LogP) is 0.376. The molecule has 1 saturated heterocycles. The summed E-state index contributed by atoms with van der Waals surface area (Å²) >= 11 is 0. The second-order valence-electron chi connectivity index (χ2n) is 4.18. The van der Waals surface area contributed by atoms with Crippen LogP contribution in [-0.4, -0.2) is 35.5 Å². The van der Waals surface area contributed by atoms with Crippen molar-refractivity contribution < 1.29 is 14.4 Å². The molecule has 2 atom stereocenters. The van der Waals surface area contributed by atoms with E-state index in [4.69, 9.17) is 10.6 Å². The third-order valence-electron chi connectivity index (χ3n) is 2.85. The Morgan fingerprint density at radius 1 is 1.38 bits per heavy atom. The quantitative estimate of drug-likeness (QED) is 0.686. The van der Waals surface area contributed by atoms with Crippen molar-refractivity contribution in [1.29, 1.82) is 0 Å². The van der Waals surface area contributed by atoms with Crippen molar-refractivity contribution in [3.63, 3.8) is 0 Å². The number of urea groups is 1. The molecule has 1 aliphatic heterocycles. The van der Waals surface area contributed by atoms with Crippen molar-refractivity contribution in [3.05, 3.63) is 0 Å². The summed E-state index contributed by atoms with van der Waals surface area (Å²) in [5.74, 6) is -0.117. The molecule has 0 spiro atoms. The largest absolute Gasteiger partial charge is 0.350 e. The van der Waals surface area contributed by atoms with Crippen LogP contribution in [0.25, 0.3) is 0 Å². The van der Waals surface area contributed by atoms with Crippen LogP contribution < -0.4 is 11.2 Å². The number of amides is 3. The van der Waals surface area contributed by atoms with Gasteiger partial charge in [0.05, 0.1) is 0 Å². The summed E-state index contributed by atoms with van der Waals surface area (Å²) in [5.41, 5.74) is 6.75. The molecule has 0 unspecified atom stereocenters. The third-order valence-corrected chi connectivity index (χ3v) is 2.85. The summed E-state index contributed by atoms with van der Waals surface area (Å²) in [5, 5.41) is 0. The Balaban J connectivity index is 2.41. The molecule has 0 aromatic heterocycles. The Morgan fingerprint density at radius 3 is 2.44 bits per heavy atom. The van der Waals surface area contributed by atoms with E-state index in [0.717, 1.165) is 19.3 Å². The number of nitrogens with zero attached hydrogens (tertiary/aromatic N) is 1. The van der Waals surface area contributed by atoms with Crippen LogP contribution in [0.2, 0.25) is 0 Å². The Bertz CT molecular complexity index is 260. The van der Waals surface area contributed by atoms with Crippen molar-refractivity contribution in [1.82, 2.24) is 10.4 Å². The van der Waals surface area contributed by atoms with E-state index in [1.54, 1.807) is 0 Å². The van der Waals surface area contributed by atoms with E-state index in [2.05, 4.69) is 0 Å². The number of likely N-dealkylation sites (tertiary alicyclic amines) is 1. The summed E-state index contributed by atoms with van der Waals surface area (Å²) in [7, 11) is 0. The van der Waals surface area contributed by atoms with Crippen LogP contribution in [0.4, 0.5) is 4.79 Å². The number of carbonyl (C=O) groups excluding carboxylic acids is 2. The van der Waals surface area contributed by atoms with E-state index in [-0.39, 0.29) is 24.6 Å². The van der Waals surface area contributed by atoms with Crippen LogP contribution in [0.1, 0.15) is 33.1 Å². The van der Waals surface area contributed by atoms with Crippen LogP contribution >= 0.6 is 0 Å². The molecule has 1 aliphatic rings. The molecule has 1 fully saturated rings. The van der Waals surface area contributed by atoms with E-state index in [0.29, 0.717) is 0 Å². The molecule has 92 valence electrons. The molecule has 3 amide bonds. The minimum Gasteiger partial charge on any atom is -0.350 e. The average molecular weight is 229 g/mol. The van der Waals surface area contributed by atoms with Gasteiger partial charge in [0.25, 0.3) is 5.91 Å². The molecule has 6 nitrogen and oxygen atoms in total. The molecule has 0 aromatic carbocycles. The minimum absolute atomic E-state index is 0.117. The number of piperidine rings is 1. The molecule has 0 bridgehead atoms. The number of primary amides is 1. The SMILES string of the molecule is C[C@@H]1CCC[C@H](C)N1C(=O)CONC(N)=O. The highest BCUT2D eigenvalue weighted by Gasteiger charge is 2.28. The lowest BCUT2D eigenvalue weighted by Gasteiger charge is -2.38. The van der Waals surface area contributed by atoms with Crippen molar-refractivity contribution >= 4 is 11.9 Å². The Morgan fingerprint density at radius 2 is 1.94 bits per heavy atom. The molecule has 3 N–H and O–H groups in total. The Kier molecular flexibility index (Phi) is 4.54. The zero-order chi connectivity index (χ0) is 12.1. The van der Waals surface area contributed by atoms with Gasteiger partial charge < -0.3 is 10.6 Å². The Hall–Kier alpha value is -1.30. The van der Waals surface area contributed by atoms with Gasteiger partial charge in [-0.05, 0) is 33.1 Å². The van der Waals surface area contributed by atoms with Crippen LogP contribution in [0.5, 0.6) is 0 Å². The lowest BCUT2D eigenvalue weighted by Crippen LogP contribution is -2.49. The van der Waals surface area contributed by atoms with Crippen molar-refractivity contribution in [3.8, 4) is 0 Å². The van der Waals surface area contributed by atoms with Gasteiger partial charge >= 0.3 is 6.03 Å². The molecule has 1 rings (SSSR count). The maximum atomic E-state index is 11.8. The molecule has 0 radical (unpaired) electrons. The zero-order valence-electron chi connectivity index (χ0n) is 9.73. The summed E-state index contributed by atoms with van der Waals surface area (Å²) in [6, 6.07) is -0.339. The number of carbonyl (C=O) groups is 2. The molecular formula is C10H19N3O3. The van der Waals surface area contributed by atoms with E-state index >= 15 is 0 Å². The summed E-state index contributed by atoms with van der Waals surface area (Å²) in [6.07, 6.45) is 3.17. The fourth-order valence-electron chi connectivity index (χ4n) is 2.16. The van der Waals surface area contributed by atoms with Gasteiger partial charge in [-0.1, -0.05) is 0 Å². The average Bonchev–Trinajstić information content (AvgIpc) is 2.16. The smallest absolute Gasteiger partial charge is 0.336 e. The van der Waals surface area contributed by atoms with Gasteiger partial charge in [0.2, 0.25) is 0 Å². The van der Waals surface area contributed by atoms with Crippen LogP contribution in [0.3, 0.4) is 0 Å². The normalized spacial score (nSPS) is 25.2. The van der Waals surface area contributed by atoms with E-state index < -0.39 is 6.03 Å². The van der Waals surface area contributed by atoms with Gasteiger partial charge in [-0.15, -0.1) is 0 Å². The number of hydrogen-bond acceptors (Lipinski definition) is 3. The van der Waals surface area contributed by atoms with Gasteiger partial charge in [0.15, 0.2) is 6.61 Å². The highest BCUT2D eigenvalue weighted by atomic mass is 16.7. The monoisotopic (exact) mass is 229 g/mol. The first-order valence-electron chi connectivity index (χ1n) is 5.50. The minimum atomic E-state index is -0.799. The fourth-order valence-corrected chi connectivity index (χ4v) is 2.16. The first kappa shape index (κ1) is 12.8. The maximum Gasteiger partial charge on any atom is 0.336 e. The number of hydroxylamine groups is 1. The lowest BCUT2D eigenvalue weighted by molar-refractivity contribution is -0.144. The lowest BCUT2D eigenvalue weighted by atomic mass is 9.97. The first-order chi connectivity index (χ1) is 7.52. The second-order valence-corrected chi connectivity index (χ2v) is 4.18. The molecule has 0 aliphatic carbocycles. The standard InChI is InChI=1S/C10H19N3O3/c1-7-4-3-5-8(2)13(7)9(14)6-16-12-10(11)15/h7-8H,3-6H2,1-2H3,(H3,11,12,15)/t7-,8+. The maximum absolute atomic E-state index is 11.8. The summed E-state index contributed by atoms with van der Waals surface area (Å²) in [6.45, 7) is 3.88. The van der Waals surface area contributed by atoms with E-state index in [1.165, 1.54) is 0 Å². The van der Waals surface area contributed by atoms with Gasteiger partial charge in [-0.25, -0.2) is 10.3 Å². The number of nitrogens with one attached hydrogen (secondary N) is 1. The molecule has 6 heteroatoms. The summed E-state index contributed by atoms with van der Waals surface area (Å²) < 4.78 is 0. The van der Waals surface area contributed by atoms with Gasteiger partial charge in [0, 0.05) is 12.1 Å². The Labute approximate surface area is 95.1 Å². The molecule has 0 aromatic rings. The number of hydrogen-bond donors (Lipinski definition) is 2. The van der Waals surface area contributed by atoms with E-state index in [9.17, 15) is 9.59 Å². The van der Waals surface area contributed by atoms with Gasteiger partial charge in [0.1, 0.15) is 0 Å². The topological polar surface area (TPSA) is 84.7 Å². The first-order valence-corrected chi connectivity index (χ1v) is 5.50. The third kappa shape index (κ3) is 3.37. The van der Waals surface area contributed by atoms with Gasteiger partial charge in [-0.2, -0.15) is 0 Å². The van der Waals surface area contributed by atoms with Crippen LogP contribution in [-0.2, 0) is 9.63 Å². The number of nitrogens with two attached hydrogens (primary N) is 1. The van der Waals surface area contributed by atoms with Crippen LogP contribution in [0.15, 0.2) is 0 Å². The highest BCUT2D eigenvalue weighted by Crippen LogP contribution is 2.22. The molecule has 1 heterocycles. The predicted molar refractivity (Wildman–Crippen MR) is 58.3 cm³/mol. The number of rotatable bonds is 3. The van der Waals surface area contributed by atoms with E-state index in [1.807, 2.05) is 24.2 Å². The summed E-state index contributed by atoms with van der Waals surface area (Å²) in [4.78, 5) is 28.7. The van der Waals surface area contributed by atoms with Crippen molar-refractivity contribution in [2.75, 3.05) is 6.61 Å².